The van der Waals surface area contributed by atoms with Crippen LogP contribution in [0.2, 0.25) is 0 Å². The second-order valence-corrected chi connectivity index (χ2v) is 8.12. The number of nitrogens with zero attached hydrogens (tertiary/aromatic N) is 1. The van der Waals surface area contributed by atoms with Crippen molar-refractivity contribution in [3.05, 3.63) is 60.3 Å². The van der Waals surface area contributed by atoms with E-state index in [9.17, 15) is 13.2 Å². The summed E-state index contributed by atoms with van der Waals surface area (Å²) in [4.78, 5) is 15.2. The molecule has 7 nitrogen and oxygen atoms in total. The van der Waals surface area contributed by atoms with Gasteiger partial charge < -0.3 is 9.84 Å². The second-order valence-electron chi connectivity index (χ2n) is 5.18. The van der Waals surface area contributed by atoms with Crippen LogP contribution in [0.4, 0.5) is 5.69 Å². The van der Waals surface area contributed by atoms with Gasteiger partial charge in [-0.1, -0.05) is 30.3 Å². The Morgan fingerprint density at radius 3 is 2.58 bits per heavy atom. The standard InChI is InChI=1S/C17H14N2O5S2/c1-24-14-9-12(17(20)21)7-8-13(14)19-26(22,23)15-10-18-16(25-15)11-5-3-2-4-6-11/h2-10,19H,1H3,(H,20,21). The maximum absolute atomic E-state index is 12.6. The van der Waals surface area contributed by atoms with Crippen LogP contribution in [0.3, 0.4) is 0 Å². The molecule has 2 aromatic carbocycles. The quantitative estimate of drug-likeness (QED) is 0.669. The zero-order valence-corrected chi connectivity index (χ0v) is 15.2. The maximum atomic E-state index is 12.6. The number of carboxylic acids is 1. The number of carbonyl (C=O) groups is 1. The van der Waals surface area contributed by atoms with Crippen molar-refractivity contribution in [1.29, 1.82) is 0 Å². The molecular weight excluding hydrogens is 376 g/mol. The van der Waals surface area contributed by atoms with Crippen LogP contribution in [0.5, 0.6) is 5.75 Å². The third kappa shape index (κ3) is 3.68. The lowest BCUT2D eigenvalue weighted by molar-refractivity contribution is 0.0696. The minimum atomic E-state index is -3.89. The first-order chi connectivity index (χ1) is 12.4. The summed E-state index contributed by atoms with van der Waals surface area (Å²) in [6.07, 6.45) is 1.29. The van der Waals surface area contributed by atoms with Crippen molar-refractivity contribution < 1.29 is 23.1 Å². The molecule has 0 spiro atoms. The van der Waals surface area contributed by atoms with Crippen molar-refractivity contribution in [3.8, 4) is 16.3 Å². The fourth-order valence-electron chi connectivity index (χ4n) is 2.20. The molecule has 26 heavy (non-hydrogen) atoms. The normalized spacial score (nSPS) is 11.1. The van der Waals surface area contributed by atoms with E-state index in [1.54, 1.807) is 0 Å². The lowest BCUT2D eigenvalue weighted by atomic mass is 10.2. The van der Waals surface area contributed by atoms with Crippen molar-refractivity contribution in [2.75, 3.05) is 11.8 Å². The van der Waals surface area contributed by atoms with Gasteiger partial charge in [0, 0.05) is 5.56 Å². The van der Waals surface area contributed by atoms with Crippen LogP contribution in [-0.4, -0.2) is 31.6 Å². The van der Waals surface area contributed by atoms with Crippen molar-refractivity contribution in [3.63, 3.8) is 0 Å². The molecule has 3 rings (SSSR count). The van der Waals surface area contributed by atoms with Crippen LogP contribution >= 0.6 is 11.3 Å². The van der Waals surface area contributed by atoms with Gasteiger partial charge in [0.1, 0.15) is 10.8 Å². The highest BCUT2D eigenvalue weighted by Crippen LogP contribution is 2.32. The number of thiazole rings is 1. The number of benzene rings is 2. The third-order valence-corrected chi connectivity index (χ3v) is 6.34. The van der Waals surface area contributed by atoms with Crippen LogP contribution in [0.15, 0.2) is 58.9 Å². The van der Waals surface area contributed by atoms with Gasteiger partial charge in [0.05, 0.1) is 24.6 Å². The molecule has 1 heterocycles. The van der Waals surface area contributed by atoms with Gasteiger partial charge >= 0.3 is 5.97 Å². The van der Waals surface area contributed by atoms with E-state index in [0.717, 1.165) is 16.9 Å². The molecule has 0 aliphatic rings. The fraction of sp³-hybridized carbons (Fsp3) is 0.0588. The summed E-state index contributed by atoms with van der Waals surface area (Å²) in [6, 6.07) is 13.1. The number of rotatable bonds is 6. The Hall–Kier alpha value is -2.91. The molecule has 9 heteroatoms. The Labute approximate surface area is 154 Å². The molecule has 0 saturated carbocycles. The molecule has 2 N–H and O–H groups in total. The van der Waals surface area contributed by atoms with E-state index in [1.807, 2.05) is 30.3 Å². The topological polar surface area (TPSA) is 106 Å². The van der Waals surface area contributed by atoms with Crippen LogP contribution in [0, 0.1) is 0 Å². The number of aromatic carboxylic acids is 1. The number of methoxy groups -OCH3 is 1. The van der Waals surface area contributed by atoms with Gasteiger partial charge in [0.25, 0.3) is 10.0 Å². The van der Waals surface area contributed by atoms with E-state index in [4.69, 9.17) is 9.84 Å². The molecule has 0 saturated heterocycles. The maximum Gasteiger partial charge on any atom is 0.335 e. The number of hydrogen-bond donors (Lipinski definition) is 2. The van der Waals surface area contributed by atoms with Gasteiger partial charge in [-0.3, -0.25) is 4.72 Å². The minimum absolute atomic E-state index is 0.00560. The summed E-state index contributed by atoms with van der Waals surface area (Å²) in [5, 5.41) is 9.60. The zero-order valence-electron chi connectivity index (χ0n) is 13.5. The Kier molecular flexibility index (Phi) is 4.92. The van der Waals surface area contributed by atoms with E-state index in [-0.39, 0.29) is 21.2 Å². The first kappa shape index (κ1) is 17.9. The highest BCUT2D eigenvalue weighted by Gasteiger charge is 2.21. The van der Waals surface area contributed by atoms with E-state index in [2.05, 4.69) is 9.71 Å². The predicted octanol–water partition coefficient (Wildman–Crippen LogP) is 3.32. The first-order valence-electron chi connectivity index (χ1n) is 7.36. The van der Waals surface area contributed by atoms with E-state index >= 15 is 0 Å². The summed E-state index contributed by atoms with van der Waals surface area (Å²) in [5.74, 6) is -1.02. The molecule has 0 radical (unpaired) electrons. The van der Waals surface area contributed by atoms with Gasteiger partial charge in [-0.2, -0.15) is 0 Å². The zero-order chi connectivity index (χ0) is 18.7. The molecule has 0 amide bonds. The lowest BCUT2D eigenvalue weighted by Crippen LogP contribution is -2.12. The summed E-state index contributed by atoms with van der Waals surface area (Å²) in [7, 11) is -2.56. The monoisotopic (exact) mass is 390 g/mol. The SMILES string of the molecule is COc1cc(C(=O)O)ccc1NS(=O)(=O)c1cnc(-c2ccccc2)s1. The largest absolute Gasteiger partial charge is 0.495 e. The molecule has 0 atom stereocenters. The fourth-order valence-corrected chi connectivity index (χ4v) is 4.41. The van der Waals surface area contributed by atoms with Crippen molar-refractivity contribution in [2.45, 2.75) is 4.21 Å². The van der Waals surface area contributed by atoms with E-state index in [1.165, 1.54) is 31.5 Å². The third-order valence-electron chi connectivity index (χ3n) is 3.46. The highest BCUT2D eigenvalue weighted by molar-refractivity contribution is 7.94. The molecule has 1 aromatic heterocycles. The van der Waals surface area contributed by atoms with Crippen LogP contribution in [0.25, 0.3) is 10.6 Å². The highest BCUT2D eigenvalue weighted by atomic mass is 32.2. The van der Waals surface area contributed by atoms with E-state index < -0.39 is 16.0 Å². The molecule has 0 fully saturated rings. The average Bonchev–Trinajstić information content (AvgIpc) is 3.13. The van der Waals surface area contributed by atoms with Gasteiger partial charge in [0.15, 0.2) is 4.21 Å². The number of hydrogen-bond acceptors (Lipinski definition) is 6. The Morgan fingerprint density at radius 2 is 1.92 bits per heavy atom. The summed E-state index contributed by atoms with van der Waals surface area (Å²) in [6.45, 7) is 0. The Balaban J connectivity index is 1.90. The summed E-state index contributed by atoms with van der Waals surface area (Å²) >= 11 is 1.04. The molecule has 0 unspecified atom stereocenters. The molecule has 3 aromatic rings. The van der Waals surface area contributed by atoms with Crippen LogP contribution in [-0.2, 0) is 10.0 Å². The number of ether oxygens (including phenoxy) is 1. The minimum Gasteiger partial charge on any atom is -0.495 e. The van der Waals surface area contributed by atoms with Crippen molar-refractivity contribution >= 4 is 33.0 Å². The van der Waals surface area contributed by atoms with Gasteiger partial charge in [0.2, 0.25) is 0 Å². The Morgan fingerprint density at radius 1 is 1.19 bits per heavy atom. The number of nitrogens with one attached hydrogen (secondary N) is 1. The van der Waals surface area contributed by atoms with Crippen molar-refractivity contribution in [2.24, 2.45) is 0 Å². The number of anilines is 1. The molecule has 134 valence electrons. The van der Waals surface area contributed by atoms with Crippen molar-refractivity contribution in [1.82, 2.24) is 4.98 Å². The predicted molar refractivity (Wildman–Crippen MR) is 98.3 cm³/mol. The molecular formula is C17H14N2O5S2. The van der Waals surface area contributed by atoms with Crippen LogP contribution in [0.1, 0.15) is 10.4 Å². The number of aromatic nitrogens is 1. The number of sulfonamides is 1. The molecule has 0 aliphatic heterocycles. The van der Waals surface area contributed by atoms with Gasteiger partial charge in [-0.15, -0.1) is 11.3 Å². The van der Waals surface area contributed by atoms with E-state index in [0.29, 0.717) is 5.01 Å². The number of carboxylic acid groups (broad SMARTS) is 1. The lowest BCUT2D eigenvalue weighted by Gasteiger charge is -2.11. The van der Waals surface area contributed by atoms with Crippen LogP contribution < -0.4 is 9.46 Å². The molecule has 0 aliphatic carbocycles. The summed E-state index contributed by atoms with van der Waals surface area (Å²) < 4.78 is 32.8. The Bertz CT molecular complexity index is 1050. The van der Waals surface area contributed by atoms with Gasteiger partial charge in [-0.25, -0.2) is 18.2 Å². The average molecular weight is 390 g/mol. The molecule has 0 bridgehead atoms. The second kappa shape index (κ2) is 7.14. The first-order valence-corrected chi connectivity index (χ1v) is 9.66. The smallest absolute Gasteiger partial charge is 0.335 e. The van der Waals surface area contributed by atoms with Gasteiger partial charge in [-0.05, 0) is 18.2 Å². The summed E-state index contributed by atoms with van der Waals surface area (Å²) in [5.41, 5.74) is 0.962.